The zero-order valence-electron chi connectivity index (χ0n) is 15.9. The van der Waals surface area contributed by atoms with Crippen molar-refractivity contribution in [1.82, 2.24) is 15.5 Å². The van der Waals surface area contributed by atoms with E-state index in [1.165, 1.54) is 0 Å². The van der Waals surface area contributed by atoms with Crippen LogP contribution in [0.2, 0.25) is 0 Å². The van der Waals surface area contributed by atoms with Gasteiger partial charge in [0, 0.05) is 25.0 Å². The van der Waals surface area contributed by atoms with Gasteiger partial charge in [-0.1, -0.05) is 25.1 Å². The minimum Gasteiger partial charge on any atom is -0.484 e. The van der Waals surface area contributed by atoms with Crippen molar-refractivity contribution in [3.63, 3.8) is 0 Å². The van der Waals surface area contributed by atoms with Crippen molar-refractivity contribution in [3.8, 4) is 5.75 Å². The standard InChI is InChI=1S/C20H29N3O3.ClH/c1-15-13-21-10-7-18(15)22-20(25)16-8-11-23(12-9-16)19(24)14-26-17-5-3-2-4-6-17;/h2-6,15-16,18,21H,7-14H2,1H3,(H,22,25);1H. The first-order valence-electron chi connectivity index (χ1n) is 9.60. The number of piperidine rings is 2. The quantitative estimate of drug-likeness (QED) is 0.798. The zero-order valence-corrected chi connectivity index (χ0v) is 16.7. The molecule has 2 amide bonds. The van der Waals surface area contributed by atoms with E-state index in [1.54, 1.807) is 4.90 Å². The largest absolute Gasteiger partial charge is 0.484 e. The van der Waals surface area contributed by atoms with Crippen LogP contribution in [0.5, 0.6) is 5.75 Å². The van der Waals surface area contributed by atoms with Crippen LogP contribution in [-0.2, 0) is 9.59 Å². The Hall–Kier alpha value is -1.79. The maximum absolute atomic E-state index is 12.5. The van der Waals surface area contributed by atoms with Crippen LogP contribution in [0.4, 0.5) is 0 Å². The second-order valence-electron chi connectivity index (χ2n) is 7.34. The molecule has 2 saturated heterocycles. The highest BCUT2D eigenvalue weighted by atomic mass is 35.5. The Bertz CT molecular complexity index is 606. The van der Waals surface area contributed by atoms with Crippen LogP contribution < -0.4 is 15.4 Å². The molecule has 0 saturated carbocycles. The number of nitrogens with one attached hydrogen (secondary N) is 2. The van der Waals surface area contributed by atoms with Crippen molar-refractivity contribution in [2.24, 2.45) is 11.8 Å². The molecule has 0 aliphatic carbocycles. The summed E-state index contributed by atoms with van der Waals surface area (Å²) in [6.07, 6.45) is 2.44. The molecule has 2 fully saturated rings. The van der Waals surface area contributed by atoms with Crippen LogP contribution in [0.15, 0.2) is 30.3 Å². The van der Waals surface area contributed by atoms with E-state index in [-0.39, 0.29) is 42.8 Å². The lowest BCUT2D eigenvalue weighted by molar-refractivity contribution is -0.137. The lowest BCUT2D eigenvalue weighted by atomic mass is 9.92. The van der Waals surface area contributed by atoms with E-state index < -0.39 is 0 Å². The number of benzene rings is 1. The van der Waals surface area contributed by atoms with Gasteiger partial charge in [0.1, 0.15) is 5.75 Å². The van der Waals surface area contributed by atoms with E-state index in [1.807, 2.05) is 30.3 Å². The van der Waals surface area contributed by atoms with Gasteiger partial charge in [0.25, 0.3) is 5.91 Å². The van der Waals surface area contributed by atoms with Gasteiger partial charge in [0.05, 0.1) is 0 Å². The highest BCUT2D eigenvalue weighted by molar-refractivity contribution is 5.85. The van der Waals surface area contributed by atoms with Crippen molar-refractivity contribution < 1.29 is 14.3 Å². The molecule has 3 rings (SSSR count). The number of ether oxygens (including phenoxy) is 1. The molecule has 1 aromatic carbocycles. The Balaban J connectivity index is 0.00000261. The fourth-order valence-corrected chi connectivity index (χ4v) is 3.67. The molecule has 0 spiro atoms. The van der Waals surface area contributed by atoms with Crippen molar-refractivity contribution >= 4 is 24.2 Å². The SMILES string of the molecule is CC1CNCCC1NC(=O)C1CCN(C(=O)COc2ccccc2)CC1.Cl. The van der Waals surface area contributed by atoms with Crippen LogP contribution in [0.1, 0.15) is 26.2 Å². The topological polar surface area (TPSA) is 70.7 Å². The molecular formula is C20H30ClN3O3. The van der Waals surface area contributed by atoms with Gasteiger partial charge in [-0.2, -0.15) is 0 Å². The number of carbonyl (C=O) groups excluding carboxylic acids is 2. The van der Waals surface area contributed by atoms with Crippen LogP contribution >= 0.6 is 12.4 Å². The Kier molecular flexibility index (Phi) is 8.38. The summed E-state index contributed by atoms with van der Waals surface area (Å²) in [6, 6.07) is 9.62. The molecular weight excluding hydrogens is 366 g/mol. The minimum absolute atomic E-state index is 0. The molecule has 2 unspecified atom stereocenters. The zero-order chi connectivity index (χ0) is 18.4. The molecule has 0 radical (unpaired) electrons. The summed E-state index contributed by atoms with van der Waals surface area (Å²) in [5.74, 6) is 1.31. The van der Waals surface area contributed by atoms with Crippen LogP contribution in [0, 0.1) is 11.8 Å². The fraction of sp³-hybridized carbons (Fsp3) is 0.600. The number of rotatable bonds is 5. The van der Waals surface area contributed by atoms with E-state index in [4.69, 9.17) is 4.74 Å². The smallest absolute Gasteiger partial charge is 0.260 e. The molecule has 0 aromatic heterocycles. The van der Waals surface area contributed by atoms with Crippen molar-refractivity contribution in [3.05, 3.63) is 30.3 Å². The maximum atomic E-state index is 12.5. The Morgan fingerprint density at radius 1 is 1.19 bits per heavy atom. The van der Waals surface area contributed by atoms with Gasteiger partial charge in [0.15, 0.2) is 6.61 Å². The van der Waals surface area contributed by atoms with E-state index >= 15 is 0 Å². The highest BCUT2D eigenvalue weighted by Crippen LogP contribution is 2.19. The first kappa shape index (κ1) is 21.5. The Morgan fingerprint density at radius 3 is 2.56 bits per heavy atom. The average molecular weight is 396 g/mol. The van der Waals surface area contributed by atoms with E-state index in [0.717, 1.165) is 32.4 Å². The number of carbonyl (C=O) groups is 2. The van der Waals surface area contributed by atoms with Gasteiger partial charge in [-0.05, 0) is 50.4 Å². The second-order valence-corrected chi connectivity index (χ2v) is 7.34. The highest BCUT2D eigenvalue weighted by Gasteiger charge is 2.30. The molecule has 2 atom stereocenters. The molecule has 2 aliphatic rings. The maximum Gasteiger partial charge on any atom is 0.260 e. The molecule has 7 heteroatoms. The van der Waals surface area contributed by atoms with E-state index in [0.29, 0.717) is 24.8 Å². The van der Waals surface area contributed by atoms with Crippen molar-refractivity contribution in [2.75, 3.05) is 32.8 Å². The van der Waals surface area contributed by atoms with Gasteiger partial charge in [-0.3, -0.25) is 9.59 Å². The number of hydrogen-bond donors (Lipinski definition) is 2. The molecule has 2 aliphatic heterocycles. The summed E-state index contributed by atoms with van der Waals surface area (Å²) in [7, 11) is 0. The fourth-order valence-electron chi connectivity index (χ4n) is 3.67. The number of halogens is 1. The average Bonchev–Trinajstić information content (AvgIpc) is 2.69. The normalized spacial score (nSPS) is 23.2. The molecule has 2 N–H and O–H groups in total. The predicted octanol–water partition coefficient (Wildman–Crippen LogP) is 1.84. The molecule has 27 heavy (non-hydrogen) atoms. The predicted molar refractivity (Wildman–Crippen MR) is 107 cm³/mol. The van der Waals surface area contributed by atoms with Gasteiger partial charge in [-0.15, -0.1) is 12.4 Å². The summed E-state index contributed by atoms with van der Waals surface area (Å²) < 4.78 is 5.53. The van der Waals surface area contributed by atoms with Crippen LogP contribution in [0.25, 0.3) is 0 Å². The Morgan fingerprint density at radius 2 is 1.89 bits per heavy atom. The summed E-state index contributed by atoms with van der Waals surface area (Å²) in [4.78, 5) is 26.6. The van der Waals surface area contributed by atoms with Crippen molar-refractivity contribution in [1.29, 1.82) is 0 Å². The minimum atomic E-state index is -0.0142. The molecule has 1 aromatic rings. The van der Waals surface area contributed by atoms with Gasteiger partial charge in [-0.25, -0.2) is 0 Å². The Labute approximate surface area is 167 Å². The third-order valence-corrected chi connectivity index (χ3v) is 5.44. The summed E-state index contributed by atoms with van der Waals surface area (Å²) in [5, 5.41) is 6.57. The number of amides is 2. The van der Waals surface area contributed by atoms with E-state index in [9.17, 15) is 9.59 Å². The first-order chi connectivity index (χ1) is 12.6. The monoisotopic (exact) mass is 395 g/mol. The number of para-hydroxylation sites is 1. The van der Waals surface area contributed by atoms with Gasteiger partial charge >= 0.3 is 0 Å². The molecule has 150 valence electrons. The summed E-state index contributed by atoms with van der Waals surface area (Å²) in [6.45, 7) is 5.38. The number of hydrogen-bond acceptors (Lipinski definition) is 4. The molecule has 6 nitrogen and oxygen atoms in total. The van der Waals surface area contributed by atoms with Gasteiger partial charge < -0.3 is 20.3 Å². The molecule has 0 bridgehead atoms. The lowest BCUT2D eigenvalue weighted by Crippen LogP contribution is -2.51. The third-order valence-electron chi connectivity index (χ3n) is 5.44. The summed E-state index contributed by atoms with van der Waals surface area (Å²) >= 11 is 0. The van der Waals surface area contributed by atoms with Crippen LogP contribution in [0.3, 0.4) is 0 Å². The number of nitrogens with zero attached hydrogens (tertiary/aromatic N) is 1. The first-order valence-corrected chi connectivity index (χ1v) is 9.60. The number of likely N-dealkylation sites (tertiary alicyclic amines) is 1. The lowest BCUT2D eigenvalue weighted by Gasteiger charge is -2.34. The molecule has 2 heterocycles. The summed E-state index contributed by atoms with van der Waals surface area (Å²) in [5.41, 5.74) is 0. The third kappa shape index (κ3) is 6.11. The van der Waals surface area contributed by atoms with E-state index in [2.05, 4.69) is 17.6 Å². The second kappa shape index (κ2) is 10.5. The van der Waals surface area contributed by atoms with Gasteiger partial charge in [0.2, 0.25) is 5.91 Å². The van der Waals surface area contributed by atoms with Crippen LogP contribution in [-0.4, -0.2) is 55.5 Å². The van der Waals surface area contributed by atoms with Crippen molar-refractivity contribution in [2.45, 2.75) is 32.2 Å².